The van der Waals surface area contributed by atoms with Crippen LogP contribution >= 0.6 is 0 Å². The van der Waals surface area contributed by atoms with E-state index < -0.39 is 0 Å². The topological polar surface area (TPSA) is 111 Å². The van der Waals surface area contributed by atoms with Crippen LogP contribution in [0.3, 0.4) is 0 Å². The summed E-state index contributed by atoms with van der Waals surface area (Å²) in [5.74, 6) is 1.60. The Morgan fingerprint density at radius 2 is 1.10 bits per heavy atom. The second kappa shape index (κ2) is 7.67. The van der Waals surface area contributed by atoms with Crippen molar-refractivity contribution >= 4 is 11.4 Å². The number of nitrogens with two attached hydrogens (primary N) is 2. The van der Waals surface area contributed by atoms with Gasteiger partial charge in [0.1, 0.15) is 11.5 Å². The van der Waals surface area contributed by atoms with Crippen LogP contribution < -0.4 is 16.2 Å². The lowest BCUT2D eigenvalue weighted by Gasteiger charge is -2.25. The first-order valence-electron chi connectivity index (χ1n) is 11.1. The van der Waals surface area contributed by atoms with Crippen molar-refractivity contribution in [2.75, 3.05) is 37.9 Å². The summed E-state index contributed by atoms with van der Waals surface area (Å²) < 4.78 is 28.9. The molecule has 6 rings (SSSR count). The van der Waals surface area contributed by atoms with Gasteiger partial charge in [0, 0.05) is 48.2 Å². The van der Waals surface area contributed by atoms with Crippen molar-refractivity contribution < 1.29 is 23.7 Å². The minimum absolute atomic E-state index is 0.198. The minimum Gasteiger partial charge on any atom is -0.457 e. The van der Waals surface area contributed by atoms with Crippen LogP contribution in [-0.4, -0.2) is 50.8 Å². The third-order valence-electron chi connectivity index (χ3n) is 6.36. The second-order valence-corrected chi connectivity index (χ2v) is 8.97. The molecule has 4 unspecified atom stereocenters. The summed E-state index contributed by atoms with van der Waals surface area (Å²) in [5, 5.41) is 0. The van der Waals surface area contributed by atoms with E-state index in [1.54, 1.807) is 0 Å². The number of anilines is 2. The molecule has 4 N–H and O–H groups in total. The fourth-order valence-electron chi connectivity index (χ4n) is 4.30. The summed E-state index contributed by atoms with van der Waals surface area (Å²) in [4.78, 5) is 0. The summed E-state index contributed by atoms with van der Waals surface area (Å²) >= 11 is 0. The van der Waals surface area contributed by atoms with E-state index in [2.05, 4.69) is 0 Å². The molecule has 2 aromatic carbocycles. The molecule has 4 fully saturated rings. The van der Waals surface area contributed by atoms with Gasteiger partial charge in [-0.25, -0.2) is 0 Å². The predicted octanol–water partition coefficient (Wildman–Crippen LogP) is 2.41. The Labute approximate surface area is 181 Å². The number of epoxide rings is 4. The lowest BCUT2D eigenvalue weighted by atomic mass is 9.86. The molecule has 2 aromatic rings. The van der Waals surface area contributed by atoms with Crippen LogP contribution in [0.1, 0.15) is 22.3 Å². The molecule has 0 spiro atoms. The van der Waals surface area contributed by atoms with Gasteiger partial charge < -0.3 is 35.2 Å². The zero-order valence-electron chi connectivity index (χ0n) is 17.5. The summed E-state index contributed by atoms with van der Waals surface area (Å²) in [7, 11) is 0. The van der Waals surface area contributed by atoms with Gasteiger partial charge in [0.25, 0.3) is 0 Å². The quantitative estimate of drug-likeness (QED) is 0.445. The molecule has 0 aliphatic carbocycles. The van der Waals surface area contributed by atoms with Gasteiger partial charge in [0.2, 0.25) is 0 Å². The Bertz CT molecular complexity index is 977. The molecule has 0 aromatic heterocycles. The van der Waals surface area contributed by atoms with Crippen molar-refractivity contribution in [2.45, 2.75) is 50.1 Å². The van der Waals surface area contributed by atoms with Crippen molar-refractivity contribution in [3.63, 3.8) is 0 Å². The molecule has 0 bridgehead atoms. The molecular formula is C24H28N2O5. The highest BCUT2D eigenvalue weighted by Crippen LogP contribution is 2.44. The molecule has 164 valence electrons. The minimum atomic E-state index is 0.198. The van der Waals surface area contributed by atoms with E-state index in [4.69, 9.17) is 35.2 Å². The van der Waals surface area contributed by atoms with E-state index in [0.29, 0.717) is 5.69 Å². The maximum Gasteiger partial charge on any atom is 0.136 e. The molecular weight excluding hydrogens is 396 g/mol. The number of ether oxygens (including phenoxy) is 5. The molecule has 4 heterocycles. The van der Waals surface area contributed by atoms with Gasteiger partial charge >= 0.3 is 0 Å². The summed E-state index contributed by atoms with van der Waals surface area (Å²) in [5.41, 5.74) is 18.9. The second-order valence-electron chi connectivity index (χ2n) is 8.97. The van der Waals surface area contributed by atoms with E-state index in [0.717, 1.165) is 74.9 Å². The van der Waals surface area contributed by atoms with E-state index in [1.165, 1.54) is 16.7 Å². The fourth-order valence-corrected chi connectivity index (χ4v) is 4.30. The zero-order valence-corrected chi connectivity index (χ0v) is 17.5. The van der Waals surface area contributed by atoms with Gasteiger partial charge in [-0.05, 0) is 35.4 Å². The Morgan fingerprint density at radius 1 is 0.645 bits per heavy atom. The lowest BCUT2D eigenvalue weighted by molar-refractivity contribution is 0.390. The highest BCUT2D eigenvalue weighted by Gasteiger charge is 2.37. The first-order valence-corrected chi connectivity index (χ1v) is 11.1. The van der Waals surface area contributed by atoms with Crippen molar-refractivity contribution in [1.82, 2.24) is 0 Å². The molecule has 31 heavy (non-hydrogen) atoms. The van der Waals surface area contributed by atoms with Gasteiger partial charge in [0.05, 0.1) is 50.8 Å². The monoisotopic (exact) mass is 424 g/mol. The summed E-state index contributed by atoms with van der Waals surface area (Å²) in [6.07, 6.45) is 4.14. The highest BCUT2D eigenvalue weighted by molar-refractivity contribution is 5.68. The third kappa shape index (κ3) is 4.50. The molecule has 4 aliphatic rings. The smallest absolute Gasteiger partial charge is 0.136 e. The van der Waals surface area contributed by atoms with E-state index in [1.807, 2.05) is 24.3 Å². The molecule has 4 aliphatic heterocycles. The number of hydrogen-bond donors (Lipinski definition) is 2. The normalized spacial score (nSPS) is 27.7. The van der Waals surface area contributed by atoms with Crippen LogP contribution in [0.2, 0.25) is 0 Å². The Kier molecular flexibility index (Phi) is 4.79. The fraction of sp³-hybridized carbons (Fsp3) is 0.500. The van der Waals surface area contributed by atoms with E-state index in [-0.39, 0.29) is 24.4 Å². The van der Waals surface area contributed by atoms with Gasteiger partial charge in [-0.2, -0.15) is 0 Å². The number of hydrogen-bond acceptors (Lipinski definition) is 7. The molecule has 0 radical (unpaired) electrons. The first-order chi connectivity index (χ1) is 15.1. The average molecular weight is 424 g/mol. The molecule has 4 atom stereocenters. The molecule has 4 saturated heterocycles. The highest BCUT2D eigenvalue weighted by atomic mass is 16.6. The van der Waals surface area contributed by atoms with Gasteiger partial charge in [-0.15, -0.1) is 0 Å². The van der Waals surface area contributed by atoms with Crippen LogP contribution in [0.15, 0.2) is 24.3 Å². The standard InChI is InChI=1S/C24H28N2O5/c25-13-1-3-14(4-2-13)31-24-21(7-17-11-29-17)19(5-15-9-27-15)20(6-16-10-28-16)23(26)22(24)8-18-12-30-18/h1-4,15-18H,5-12,25-26H2. The van der Waals surface area contributed by atoms with Crippen molar-refractivity contribution in [1.29, 1.82) is 0 Å². The summed E-state index contributed by atoms with van der Waals surface area (Å²) in [6, 6.07) is 7.50. The van der Waals surface area contributed by atoms with E-state index >= 15 is 0 Å². The van der Waals surface area contributed by atoms with Gasteiger partial charge in [0.15, 0.2) is 0 Å². The predicted molar refractivity (Wildman–Crippen MR) is 116 cm³/mol. The molecule has 7 heteroatoms. The molecule has 0 saturated carbocycles. The average Bonchev–Trinajstić information content (AvgIpc) is 3.61. The van der Waals surface area contributed by atoms with Crippen molar-refractivity contribution in [2.24, 2.45) is 0 Å². The largest absolute Gasteiger partial charge is 0.457 e. The number of nitrogen functional groups attached to an aromatic ring is 2. The number of rotatable bonds is 10. The Hall–Kier alpha value is -2.32. The van der Waals surface area contributed by atoms with Crippen LogP contribution in [0, 0.1) is 0 Å². The van der Waals surface area contributed by atoms with Crippen LogP contribution in [0.5, 0.6) is 11.5 Å². The van der Waals surface area contributed by atoms with Crippen LogP contribution in [0.25, 0.3) is 0 Å². The van der Waals surface area contributed by atoms with Gasteiger partial charge in [-0.1, -0.05) is 0 Å². The first kappa shape index (κ1) is 19.4. The van der Waals surface area contributed by atoms with E-state index in [9.17, 15) is 0 Å². The summed E-state index contributed by atoms with van der Waals surface area (Å²) in [6.45, 7) is 3.14. The van der Waals surface area contributed by atoms with Gasteiger partial charge in [-0.3, -0.25) is 0 Å². The third-order valence-corrected chi connectivity index (χ3v) is 6.36. The van der Waals surface area contributed by atoms with Crippen molar-refractivity contribution in [3.05, 3.63) is 46.5 Å². The Morgan fingerprint density at radius 3 is 1.61 bits per heavy atom. The van der Waals surface area contributed by atoms with Crippen molar-refractivity contribution in [3.8, 4) is 11.5 Å². The lowest BCUT2D eigenvalue weighted by Crippen LogP contribution is -2.16. The maximum absolute atomic E-state index is 6.84. The number of benzene rings is 2. The van der Waals surface area contributed by atoms with Crippen LogP contribution in [0.4, 0.5) is 11.4 Å². The molecule has 7 nitrogen and oxygen atoms in total. The zero-order chi connectivity index (χ0) is 20.9. The maximum atomic E-state index is 6.84. The molecule has 0 amide bonds. The Balaban J connectivity index is 1.48. The van der Waals surface area contributed by atoms with Crippen LogP contribution in [-0.2, 0) is 44.6 Å². The SMILES string of the molecule is Nc1ccc(Oc2c(CC3CO3)c(N)c(CC3CO3)c(CC3CO3)c2CC2CO2)cc1.